The van der Waals surface area contributed by atoms with Crippen LogP contribution in [-0.2, 0) is 10.0 Å². The molecule has 0 saturated heterocycles. The molecule has 1 N–H and O–H groups in total. The highest BCUT2D eigenvalue weighted by atomic mass is 32.2. The summed E-state index contributed by atoms with van der Waals surface area (Å²) in [7, 11) is -3.61. The number of hydrogen-bond acceptors (Lipinski definition) is 7. The van der Waals surface area contributed by atoms with E-state index in [1.165, 1.54) is 12.4 Å². The Labute approximate surface area is 149 Å². The van der Waals surface area contributed by atoms with Crippen LogP contribution < -0.4 is 4.72 Å². The quantitative estimate of drug-likeness (QED) is 0.710. The lowest BCUT2D eigenvalue weighted by molar-refractivity contribution is 0.0976. The van der Waals surface area contributed by atoms with Crippen molar-refractivity contribution in [3.05, 3.63) is 55.0 Å². The maximum absolute atomic E-state index is 12.2. The van der Waals surface area contributed by atoms with Gasteiger partial charge in [0.25, 0.3) is 5.91 Å². The van der Waals surface area contributed by atoms with Crippen LogP contribution in [0.15, 0.2) is 49.3 Å². The van der Waals surface area contributed by atoms with E-state index in [0.29, 0.717) is 29.8 Å². The minimum absolute atomic E-state index is 0.0301. The maximum atomic E-state index is 12.2. The Morgan fingerprint density at radius 2 is 1.92 bits per heavy atom. The summed E-state index contributed by atoms with van der Waals surface area (Å²) in [5, 5.41) is 3.76. The van der Waals surface area contributed by atoms with Gasteiger partial charge in [-0.2, -0.15) is 5.10 Å². The van der Waals surface area contributed by atoms with Crippen LogP contribution in [0.2, 0.25) is 0 Å². The van der Waals surface area contributed by atoms with Crippen LogP contribution in [0, 0.1) is 0 Å². The van der Waals surface area contributed by atoms with E-state index in [0.717, 1.165) is 0 Å². The zero-order valence-corrected chi connectivity index (χ0v) is 14.3. The lowest BCUT2D eigenvalue weighted by Crippen LogP contribution is -2.33. The first kappa shape index (κ1) is 16.3. The highest BCUT2D eigenvalue weighted by Gasteiger charge is 2.37. The smallest absolute Gasteiger partial charge is 0.266 e. The molecule has 3 aromatic rings. The molecule has 9 nitrogen and oxygen atoms in total. The average molecular weight is 370 g/mol. The molecule has 1 amide bonds. The largest absolute Gasteiger partial charge is 0.283 e. The third kappa shape index (κ3) is 3.31. The van der Waals surface area contributed by atoms with Crippen molar-refractivity contribution in [1.29, 1.82) is 0 Å². The van der Waals surface area contributed by atoms with Crippen molar-refractivity contribution < 1.29 is 13.2 Å². The van der Waals surface area contributed by atoms with Gasteiger partial charge >= 0.3 is 0 Å². The molecular weight excluding hydrogens is 356 g/mol. The molecule has 1 aliphatic rings. The van der Waals surface area contributed by atoms with Gasteiger partial charge in [0.15, 0.2) is 0 Å². The van der Waals surface area contributed by atoms with Crippen LogP contribution in [0.3, 0.4) is 0 Å². The number of sulfonamides is 1. The predicted octanol–water partition coefficient (Wildman–Crippen LogP) is 0.946. The van der Waals surface area contributed by atoms with Crippen LogP contribution in [-0.4, -0.2) is 44.3 Å². The number of nitrogens with zero attached hydrogens (tertiary/aromatic N) is 5. The fourth-order valence-corrected chi connectivity index (χ4v) is 3.66. The van der Waals surface area contributed by atoms with E-state index < -0.39 is 21.2 Å². The first-order chi connectivity index (χ1) is 12.5. The average Bonchev–Trinajstić information content (AvgIpc) is 3.41. The van der Waals surface area contributed by atoms with E-state index in [9.17, 15) is 13.2 Å². The Hall–Kier alpha value is -3.14. The van der Waals surface area contributed by atoms with Gasteiger partial charge in [0, 0.05) is 11.8 Å². The van der Waals surface area contributed by atoms with Gasteiger partial charge in [-0.3, -0.25) is 4.79 Å². The van der Waals surface area contributed by atoms with Gasteiger partial charge in [0.1, 0.15) is 17.7 Å². The van der Waals surface area contributed by atoms with E-state index in [1.54, 1.807) is 41.6 Å². The molecule has 0 bridgehead atoms. The molecule has 3 heterocycles. The van der Waals surface area contributed by atoms with Crippen molar-refractivity contribution in [2.45, 2.75) is 18.1 Å². The highest BCUT2D eigenvalue weighted by Crippen LogP contribution is 2.27. The normalized spacial score (nSPS) is 14.2. The molecule has 0 aromatic carbocycles. The van der Waals surface area contributed by atoms with E-state index in [-0.39, 0.29) is 5.69 Å². The molecule has 26 heavy (non-hydrogen) atoms. The van der Waals surface area contributed by atoms with Crippen molar-refractivity contribution in [3.8, 4) is 16.9 Å². The van der Waals surface area contributed by atoms with Gasteiger partial charge in [-0.05, 0) is 25.0 Å². The van der Waals surface area contributed by atoms with E-state index in [1.807, 2.05) is 0 Å². The van der Waals surface area contributed by atoms with Crippen molar-refractivity contribution in [2.24, 2.45) is 0 Å². The third-order valence-electron chi connectivity index (χ3n) is 3.87. The molecule has 0 aliphatic heterocycles. The third-order valence-corrected chi connectivity index (χ3v) is 5.69. The topological polar surface area (TPSA) is 120 Å². The molecule has 3 aromatic heterocycles. The number of amides is 1. The molecule has 0 radical (unpaired) electrons. The molecule has 1 saturated carbocycles. The Balaban J connectivity index is 1.58. The van der Waals surface area contributed by atoms with E-state index in [2.05, 4.69) is 24.8 Å². The predicted molar refractivity (Wildman–Crippen MR) is 91.8 cm³/mol. The van der Waals surface area contributed by atoms with E-state index in [4.69, 9.17) is 0 Å². The second kappa shape index (κ2) is 6.30. The SMILES string of the molecule is O=C(NS(=O)(=O)C1CC1)c1cccc(-c2cnn(-c3cncnc3)c2)n1. The number of hydrogen-bond donors (Lipinski definition) is 1. The summed E-state index contributed by atoms with van der Waals surface area (Å²) in [6.45, 7) is 0. The van der Waals surface area contributed by atoms with Crippen LogP contribution in [0.25, 0.3) is 16.9 Å². The Morgan fingerprint density at radius 3 is 2.65 bits per heavy atom. The van der Waals surface area contributed by atoms with Gasteiger partial charge < -0.3 is 0 Å². The maximum Gasteiger partial charge on any atom is 0.283 e. The number of carbonyl (C=O) groups is 1. The van der Waals surface area contributed by atoms with Crippen molar-refractivity contribution >= 4 is 15.9 Å². The molecule has 0 atom stereocenters. The fourth-order valence-electron chi connectivity index (χ4n) is 2.37. The molecule has 0 spiro atoms. The number of pyridine rings is 1. The summed E-state index contributed by atoms with van der Waals surface area (Å²) in [5.74, 6) is -0.734. The van der Waals surface area contributed by atoms with Gasteiger partial charge in [0.2, 0.25) is 10.0 Å². The first-order valence-electron chi connectivity index (χ1n) is 7.86. The molecular formula is C16H14N6O3S. The second-order valence-corrected chi connectivity index (χ2v) is 7.81. The minimum atomic E-state index is -3.61. The lowest BCUT2D eigenvalue weighted by Gasteiger charge is -2.06. The summed E-state index contributed by atoms with van der Waals surface area (Å²) in [6.07, 6.45) is 9.14. The monoisotopic (exact) mass is 370 g/mol. The molecule has 0 unspecified atom stereocenters. The molecule has 1 aliphatic carbocycles. The highest BCUT2D eigenvalue weighted by molar-refractivity contribution is 7.91. The van der Waals surface area contributed by atoms with Gasteiger partial charge in [-0.1, -0.05) is 6.07 Å². The first-order valence-corrected chi connectivity index (χ1v) is 9.41. The zero-order valence-electron chi connectivity index (χ0n) is 13.5. The number of carbonyl (C=O) groups excluding carboxylic acids is 1. The summed E-state index contributed by atoms with van der Waals surface area (Å²) < 4.78 is 27.5. The molecule has 10 heteroatoms. The van der Waals surface area contributed by atoms with Crippen molar-refractivity contribution in [2.75, 3.05) is 0 Å². The molecule has 132 valence electrons. The number of rotatable bonds is 5. The van der Waals surface area contributed by atoms with Crippen LogP contribution in [0.4, 0.5) is 0 Å². The van der Waals surface area contributed by atoms with Crippen molar-refractivity contribution in [1.82, 2.24) is 29.5 Å². The van der Waals surface area contributed by atoms with Crippen LogP contribution in [0.1, 0.15) is 23.3 Å². The standard InChI is InChI=1S/C16H14N6O3S/c23-16(21-26(24,25)13-4-5-13)15-3-1-2-14(20-15)11-6-19-22(9-11)12-7-17-10-18-8-12/h1-3,6-10,13H,4-5H2,(H,21,23). The van der Waals surface area contributed by atoms with Crippen LogP contribution >= 0.6 is 0 Å². The zero-order chi connectivity index (χ0) is 18.1. The Morgan fingerprint density at radius 1 is 1.15 bits per heavy atom. The Kier molecular flexibility index (Phi) is 3.96. The lowest BCUT2D eigenvalue weighted by atomic mass is 10.2. The summed E-state index contributed by atoms with van der Waals surface area (Å²) in [6, 6.07) is 4.83. The summed E-state index contributed by atoms with van der Waals surface area (Å²) in [5.41, 5.74) is 1.89. The van der Waals surface area contributed by atoms with E-state index >= 15 is 0 Å². The number of nitrogens with one attached hydrogen (secondary N) is 1. The molecule has 1 fully saturated rings. The van der Waals surface area contributed by atoms with Gasteiger partial charge in [-0.15, -0.1) is 0 Å². The van der Waals surface area contributed by atoms with Gasteiger partial charge in [0.05, 0.1) is 29.5 Å². The molecule has 4 rings (SSSR count). The summed E-state index contributed by atoms with van der Waals surface area (Å²) in [4.78, 5) is 24.3. The van der Waals surface area contributed by atoms with Gasteiger partial charge in [-0.25, -0.2) is 32.8 Å². The van der Waals surface area contributed by atoms with Crippen LogP contribution in [0.5, 0.6) is 0 Å². The van der Waals surface area contributed by atoms with Crippen molar-refractivity contribution in [3.63, 3.8) is 0 Å². The second-order valence-electron chi connectivity index (χ2n) is 5.85. The fraction of sp³-hybridized carbons (Fsp3) is 0.188. The Bertz CT molecular complexity index is 1060. The number of aromatic nitrogens is 5. The minimum Gasteiger partial charge on any atom is -0.266 e. The summed E-state index contributed by atoms with van der Waals surface area (Å²) >= 11 is 0.